The van der Waals surface area contributed by atoms with Gasteiger partial charge in [0.15, 0.2) is 9.43 Å². The van der Waals surface area contributed by atoms with Crippen molar-refractivity contribution in [2.45, 2.75) is 15.9 Å². The fourth-order valence-electron chi connectivity index (χ4n) is 2.25. The van der Waals surface area contributed by atoms with Crippen LogP contribution < -0.4 is 5.32 Å². The van der Waals surface area contributed by atoms with Crippen molar-refractivity contribution in [3.63, 3.8) is 0 Å². The highest BCUT2D eigenvalue weighted by atomic mass is 32.2. The highest BCUT2D eigenvalue weighted by Gasteiger charge is 2.12. The zero-order valence-electron chi connectivity index (χ0n) is 14.6. The molecule has 0 aliphatic heterocycles. The number of nitriles is 1. The Morgan fingerprint density at radius 1 is 1.41 bits per heavy atom. The summed E-state index contributed by atoms with van der Waals surface area (Å²) < 4.78 is 12.6. The first-order valence-corrected chi connectivity index (χ1v) is 9.85. The molecule has 138 valence electrons. The first-order chi connectivity index (χ1) is 13.2. The molecular weight excluding hydrogens is 382 g/mol. The third-order valence-corrected chi connectivity index (χ3v) is 5.54. The normalized spacial score (nSPS) is 11.5. The van der Waals surface area contributed by atoms with Crippen LogP contribution in [0.1, 0.15) is 12.2 Å². The number of methoxy groups -OCH3 is 1. The van der Waals surface area contributed by atoms with Gasteiger partial charge in [-0.15, -0.1) is 11.3 Å². The van der Waals surface area contributed by atoms with E-state index in [4.69, 9.17) is 9.15 Å². The number of carbonyl (C=O) groups excluding carboxylic acids is 1. The van der Waals surface area contributed by atoms with Crippen LogP contribution in [-0.4, -0.2) is 31.2 Å². The second kappa shape index (κ2) is 9.37. The molecule has 2 heterocycles. The highest BCUT2D eigenvalue weighted by molar-refractivity contribution is 8.01. The lowest BCUT2D eigenvalue weighted by atomic mass is 10.2. The van der Waals surface area contributed by atoms with Crippen LogP contribution >= 0.6 is 23.1 Å². The smallest absolute Gasteiger partial charge is 0.262 e. The van der Waals surface area contributed by atoms with Crippen molar-refractivity contribution >= 4 is 45.3 Å². The lowest BCUT2D eigenvalue weighted by Gasteiger charge is -2.03. The number of hydrogen-bond acceptors (Lipinski definition) is 7. The molecule has 6 nitrogen and oxygen atoms in total. The van der Waals surface area contributed by atoms with Gasteiger partial charge in [-0.25, -0.2) is 4.98 Å². The van der Waals surface area contributed by atoms with Crippen molar-refractivity contribution in [2.24, 2.45) is 0 Å². The number of para-hydroxylation sites is 1. The first kappa shape index (κ1) is 19.2. The summed E-state index contributed by atoms with van der Waals surface area (Å²) in [6.45, 7) is 0.999. The standard InChI is InChI=1S/C19H17N3O3S2/c1-24-10-4-9-21-18(23)13(12-20)11-14-7-8-17(25-14)27-19-22-15-5-2-3-6-16(15)26-19/h2-3,5-8,11H,4,9-10H2,1H3,(H,21,23)/b13-11+. The quantitative estimate of drug-likeness (QED) is 0.348. The van der Waals surface area contributed by atoms with Crippen LogP contribution in [0.3, 0.4) is 0 Å². The Hall–Kier alpha value is -2.60. The van der Waals surface area contributed by atoms with Gasteiger partial charge >= 0.3 is 0 Å². The molecule has 0 saturated carbocycles. The summed E-state index contributed by atoms with van der Waals surface area (Å²) in [4.78, 5) is 16.6. The number of furan rings is 1. The van der Waals surface area contributed by atoms with Gasteiger partial charge in [0.05, 0.1) is 10.2 Å². The minimum Gasteiger partial charge on any atom is -0.450 e. The largest absolute Gasteiger partial charge is 0.450 e. The van der Waals surface area contributed by atoms with Gasteiger partial charge in [-0.3, -0.25) is 4.79 Å². The summed E-state index contributed by atoms with van der Waals surface area (Å²) in [5, 5.41) is 12.6. The van der Waals surface area contributed by atoms with Crippen molar-refractivity contribution in [1.29, 1.82) is 5.26 Å². The maximum atomic E-state index is 12.0. The third-order valence-electron chi connectivity index (χ3n) is 3.53. The van der Waals surface area contributed by atoms with Gasteiger partial charge in [0.2, 0.25) is 0 Å². The molecule has 0 fully saturated rings. The number of hydrogen-bond donors (Lipinski definition) is 1. The van der Waals surface area contributed by atoms with Crippen LogP contribution in [0.15, 0.2) is 55.8 Å². The van der Waals surface area contributed by atoms with Crippen LogP contribution in [0.5, 0.6) is 0 Å². The molecule has 1 aromatic carbocycles. The zero-order chi connectivity index (χ0) is 19.1. The van der Waals surface area contributed by atoms with Gasteiger partial charge in [-0.2, -0.15) is 5.26 Å². The number of rotatable bonds is 8. The molecule has 0 spiro atoms. The number of fused-ring (bicyclic) bond motifs is 1. The first-order valence-electron chi connectivity index (χ1n) is 8.22. The van der Waals surface area contributed by atoms with Crippen LogP contribution in [-0.2, 0) is 9.53 Å². The van der Waals surface area contributed by atoms with Crippen molar-refractivity contribution in [3.05, 3.63) is 47.7 Å². The van der Waals surface area contributed by atoms with Gasteiger partial charge in [0, 0.05) is 26.3 Å². The highest BCUT2D eigenvalue weighted by Crippen LogP contribution is 2.35. The average Bonchev–Trinajstić information content (AvgIpc) is 3.29. The number of amides is 1. The number of thiazole rings is 1. The Bertz CT molecular complexity index is 968. The number of aromatic nitrogens is 1. The summed E-state index contributed by atoms with van der Waals surface area (Å²) in [6.07, 6.45) is 2.12. The van der Waals surface area contributed by atoms with E-state index in [1.54, 1.807) is 30.6 Å². The molecule has 0 atom stereocenters. The molecule has 0 aliphatic rings. The molecule has 1 amide bonds. The fourth-order valence-corrected chi connectivity index (χ4v) is 4.22. The molecular formula is C19H17N3O3S2. The lowest BCUT2D eigenvalue weighted by molar-refractivity contribution is -0.117. The van der Waals surface area contributed by atoms with Crippen molar-refractivity contribution in [3.8, 4) is 6.07 Å². The molecule has 27 heavy (non-hydrogen) atoms. The van der Waals surface area contributed by atoms with Gasteiger partial charge in [-0.05, 0) is 42.4 Å². The molecule has 1 N–H and O–H groups in total. The molecule has 0 radical (unpaired) electrons. The van der Waals surface area contributed by atoms with Crippen LogP contribution in [0, 0.1) is 11.3 Å². The number of carbonyl (C=O) groups is 1. The molecule has 2 aromatic heterocycles. The van der Waals surface area contributed by atoms with Gasteiger partial charge < -0.3 is 14.5 Å². The molecule has 3 aromatic rings. The number of nitrogens with zero attached hydrogens (tertiary/aromatic N) is 2. The minimum atomic E-state index is -0.426. The SMILES string of the molecule is COCCCNC(=O)/C(C#N)=C/c1ccc(Sc2nc3ccccc3s2)o1. The zero-order valence-corrected chi connectivity index (χ0v) is 16.2. The van der Waals surface area contributed by atoms with Gasteiger partial charge in [0.1, 0.15) is 17.4 Å². The second-order valence-electron chi connectivity index (χ2n) is 5.48. The van der Waals surface area contributed by atoms with E-state index in [9.17, 15) is 10.1 Å². The summed E-state index contributed by atoms with van der Waals surface area (Å²) in [7, 11) is 1.60. The summed E-state index contributed by atoms with van der Waals surface area (Å²) >= 11 is 3.00. The topological polar surface area (TPSA) is 88.1 Å². The molecule has 0 aliphatic carbocycles. The average molecular weight is 399 g/mol. The Labute approximate surface area is 164 Å². The van der Waals surface area contributed by atoms with Crippen molar-refractivity contribution in [1.82, 2.24) is 10.3 Å². The minimum absolute atomic E-state index is 0.00157. The van der Waals surface area contributed by atoms with E-state index in [0.29, 0.717) is 30.4 Å². The lowest BCUT2D eigenvalue weighted by Crippen LogP contribution is -2.26. The van der Waals surface area contributed by atoms with Crippen LogP contribution in [0.25, 0.3) is 16.3 Å². The molecule has 0 saturated heterocycles. The van der Waals surface area contributed by atoms with Crippen molar-refractivity contribution < 1.29 is 13.9 Å². The molecule has 8 heteroatoms. The van der Waals surface area contributed by atoms with E-state index < -0.39 is 5.91 Å². The summed E-state index contributed by atoms with van der Waals surface area (Å²) in [5.74, 6) is 0.0209. The maximum Gasteiger partial charge on any atom is 0.262 e. The van der Waals surface area contributed by atoms with Crippen LogP contribution in [0.2, 0.25) is 0 Å². The predicted molar refractivity (Wildman–Crippen MR) is 106 cm³/mol. The van der Waals surface area contributed by atoms with Crippen molar-refractivity contribution in [2.75, 3.05) is 20.3 Å². The predicted octanol–water partition coefficient (Wildman–Crippen LogP) is 4.10. The fraction of sp³-hybridized carbons (Fsp3) is 0.211. The van der Waals surface area contributed by atoms with E-state index in [2.05, 4.69) is 10.3 Å². The van der Waals surface area contributed by atoms with E-state index in [1.807, 2.05) is 30.3 Å². The summed E-state index contributed by atoms with van der Waals surface area (Å²) in [6, 6.07) is 13.4. The molecule has 3 rings (SSSR count). The molecule has 0 bridgehead atoms. The monoisotopic (exact) mass is 399 g/mol. The Balaban J connectivity index is 1.65. The Morgan fingerprint density at radius 3 is 3.04 bits per heavy atom. The Kier molecular flexibility index (Phi) is 6.65. The Morgan fingerprint density at radius 2 is 2.26 bits per heavy atom. The van der Waals surface area contributed by atoms with E-state index >= 15 is 0 Å². The number of benzene rings is 1. The number of nitrogens with one attached hydrogen (secondary N) is 1. The van der Waals surface area contributed by atoms with E-state index in [0.717, 1.165) is 14.6 Å². The van der Waals surface area contributed by atoms with E-state index in [1.165, 1.54) is 17.8 Å². The molecule has 0 unspecified atom stereocenters. The maximum absolute atomic E-state index is 12.0. The second-order valence-corrected chi connectivity index (χ2v) is 7.76. The number of ether oxygens (including phenoxy) is 1. The van der Waals surface area contributed by atoms with Gasteiger partial charge in [0.25, 0.3) is 5.91 Å². The van der Waals surface area contributed by atoms with Gasteiger partial charge in [-0.1, -0.05) is 12.1 Å². The van der Waals surface area contributed by atoms with E-state index in [-0.39, 0.29) is 5.57 Å². The van der Waals surface area contributed by atoms with Crippen LogP contribution in [0.4, 0.5) is 0 Å². The summed E-state index contributed by atoms with van der Waals surface area (Å²) in [5.41, 5.74) is 0.951. The third kappa shape index (κ3) is 5.20.